The molecule has 1 aliphatic heterocycles. The van der Waals surface area contributed by atoms with Crippen molar-refractivity contribution in [3.63, 3.8) is 0 Å². The van der Waals surface area contributed by atoms with E-state index in [2.05, 4.69) is 20.9 Å². The maximum Gasteiger partial charge on any atom is 0.433 e. The first kappa shape index (κ1) is 18.5. The van der Waals surface area contributed by atoms with Gasteiger partial charge in [-0.1, -0.05) is 22.0 Å². The highest BCUT2D eigenvalue weighted by Gasteiger charge is 2.34. The summed E-state index contributed by atoms with van der Waals surface area (Å²) >= 11 is 3.39. The van der Waals surface area contributed by atoms with Crippen molar-refractivity contribution >= 4 is 21.7 Å². The molecule has 2 heterocycles. The molecule has 0 amide bonds. The minimum Gasteiger partial charge on any atom is -0.490 e. The van der Waals surface area contributed by atoms with Crippen LogP contribution in [0, 0.1) is 11.3 Å². The lowest BCUT2D eigenvalue weighted by atomic mass is 10.1. The smallest absolute Gasteiger partial charge is 0.433 e. The summed E-state index contributed by atoms with van der Waals surface area (Å²) in [6, 6.07) is 11.4. The van der Waals surface area contributed by atoms with E-state index < -0.39 is 11.9 Å². The van der Waals surface area contributed by atoms with Crippen molar-refractivity contribution in [2.45, 2.75) is 25.1 Å². The number of piperidine rings is 1. The maximum atomic E-state index is 12.9. The van der Waals surface area contributed by atoms with Crippen LogP contribution in [0.25, 0.3) is 0 Å². The predicted molar refractivity (Wildman–Crippen MR) is 94.0 cm³/mol. The Morgan fingerprint density at radius 2 is 1.92 bits per heavy atom. The van der Waals surface area contributed by atoms with Crippen LogP contribution in [0.5, 0.6) is 5.75 Å². The molecule has 1 aromatic carbocycles. The Balaban J connectivity index is 1.70. The van der Waals surface area contributed by atoms with Gasteiger partial charge in [0.05, 0.1) is 5.56 Å². The first-order valence-corrected chi connectivity index (χ1v) is 8.81. The molecule has 1 fully saturated rings. The zero-order valence-corrected chi connectivity index (χ0v) is 15.2. The number of pyridine rings is 1. The van der Waals surface area contributed by atoms with Gasteiger partial charge in [-0.3, -0.25) is 0 Å². The van der Waals surface area contributed by atoms with Gasteiger partial charge < -0.3 is 9.64 Å². The van der Waals surface area contributed by atoms with Gasteiger partial charge >= 0.3 is 6.18 Å². The van der Waals surface area contributed by atoms with Crippen LogP contribution in [0.1, 0.15) is 24.1 Å². The summed E-state index contributed by atoms with van der Waals surface area (Å²) in [6.07, 6.45) is -3.30. The van der Waals surface area contributed by atoms with Crippen LogP contribution < -0.4 is 9.64 Å². The van der Waals surface area contributed by atoms with E-state index in [0.717, 1.165) is 16.3 Å². The molecule has 26 heavy (non-hydrogen) atoms. The zero-order valence-electron chi connectivity index (χ0n) is 13.6. The molecule has 1 aliphatic rings. The molecule has 136 valence electrons. The Morgan fingerprint density at radius 3 is 2.54 bits per heavy atom. The summed E-state index contributed by atoms with van der Waals surface area (Å²) in [5, 5.41) is 9.19. The number of nitriles is 1. The molecule has 4 nitrogen and oxygen atoms in total. The van der Waals surface area contributed by atoms with E-state index in [-0.39, 0.29) is 17.5 Å². The number of hydrogen-bond donors (Lipinski definition) is 0. The molecule has 2 aromatic rings. The number of hydrogen-bond acceptors (Lipinski definition) is 4. The van der Waals surface area contributed by atoms with Gasteiger partial charge in [0.2, 0.25) is 0 Å². The third kappa shape index (κ3) is 4.28. The van der Waals surface area contributed by atoms with Gasteiger partial charge in [-0.15, -0.1) is 0 Å². The third-order valence-corrected chi connectivity index (χ3v) is 4.62. The SMILES string of the molecule is N#Cc1ccc(C(F)(F)F)nc1N1CCC(Oc2cccc(Br)c2)CC1. The summed E-state index contributed by atoms with van der Waals surface area (Å²) in [7, 11) is 0. The van der Waals surface area contributed by atoms with Gasteiger partial charge in [0.25, 0.3) is 0 Å². The molecule has 0 atom stereocenters. The van der Waals surface area contributed by atoms with E-state index in [9.17, 15) is 18.4 Å². The fourth-order valence-electron chi connectivity index (χ4n) is 2.85. The number of alkyl halides is 3. The van der Waals surface area contributed by atoms with Crippen LogP contribution in [0.15, 0.2) is 40.9 Å². The van der Waals surface area contributed by atoms with Crippen molar-refractivity contribution in [2.24, 2.45) is 0 Å². The van der Waals surface area contributed by atoms with Crippen molar-refractivity contribution in [3.8, 4) is 11.8 Å². The largest absolute Gasteiger partial charge is 0.490 e. The number of benzene rings is 1. The Labute approximate surface area is 157 Å². The fraction of sp³-hybridized carbons (Fsp3) is 0.333. The van der Waals surface area contributed by atoms with E-state index in [1.54, 1.807) is 4.90 Å². The van der Waals surface area contributed by atoms with Crippen molar-refractivity contribution < 1.29 is 17.9 Å². The number of ether oxygens (including phenoxy) is 1. The predicted octanol–water partition coefficient (Wildman–Crippen LogP) is 4.78. The summed E-state index contributed by atoms with van der Waals surface area (Å²) in [6.45, 7) is 0.948. The number of aromatic nitrogens is 1. The fourth-order valence-corrected chi connectivity index (χ4v) is 3.23. The summed E-state index contributed by atoms with van der Waals surface area (Å²) in [4.78, 5) is 5.41. The third-order valence-electron chi connectivity index (χ3n) is 4.13. The Hall–Kier alpha value is -2.27. The number of halogens is 4. The molecule has 0 unspecified atom stereocenters. The van der Waals surface area contributed by atoms with Gasteiger partial charge in [0.15, 0.2) is 0 Å². The van der Waals surface area contributed by atoms with Crippen molar-refractivity contribution in [1.29, 1.82) is 5.26 Å². The van der Waals surface area contributed by atoms with E-state index >= 15 is 0 Å². The first-order valence-electron chi connectivity index (χ1n) is 8.02. The second-order valence-corrected chi connectivity index (χ2v) is 6.85. The zero-order chi connectivity index (χ0) is 18.7. The van der Waals surface area contributed by atoms with Gasteiger partial charge in [-0.25, -0.2) is 4.98 Å². The molecule has 0 N–H and O–H groups in total. The molecular weight excluding hydrogens is 411 g/mol. The molecule has 0 spiro atoms. The lowest BCUT2D eigenvalue weighted by Crippen LogP contribution is -2.39. The highest BCUT2D eigenvalue weighted by atomic mass is 79.9. The van der Waals surface area contributed by atoms with Crippen LogP contribution in [0.4, 0.5) is 19.0 Å². The van der Waals surface area contributed by atoms with Gasteiger partial charge in [0.1, 0.15) is 29.4 Å². The normalized spacial score (nSPS) is 15.6. The van der Waals surface area contributed by atoms with E-state index in [4.69, 9.17) is 4.74 Å². The summed E-state index contributed by atoms with van der Waals surface area (Å²) < 4.78 is 45.6. The Kier molecular flexibility index (Phi) is 5.37. The number of nitrogens with zero attached hydrogens (tertiary/aromatic N) is 3. The molecule has 8 heteroatoms. The minimum atomic E-state index is -4.54. The van der Waals surface area contributed by atoms with E-state index in [0.29, 0.717) is 25.9 Å². The minimum absolute atomic E-state index is 0.0307. The average molecular weight is 426 g/mol. The summed E-state index contributed by atoms with van der Waals surface area (Å²) in [5.74, 6) is 0.830. The maximum absolute atomic E-state index is 12.9. The lowest BCUT2D eigenvalue weighted by Gasteiger charge is -2.33. The van der Waals surface area contributed by atoms with Crippen LogP contribution in [-0.4, -0.2) is 24.2 Å². The van der Waals surface area contributed by atoms with Crippen LogP contribution >= 0.6 is 15.9 Å². The number of rotatable bonds is 3. The lowest BCUT2D eigenvalue weighted by molar-refractivity contribution is -0.141. The van der Waals surface area contributed by atoms with Crippen LogP contribution in [-0.2, 0) is 6.18 Å². The highest BCUT2D eigenvalue weighted by molar-refractivity contribution is 9.10. The van der Waals surface area contributed by atoms with Crippen LogP contribution in [0.2, 0.25) is 0 Å². The van der Waals surface area contributed by atoms with Crippen molar-refractivity contribution in [3.05, 3.63) is 52.1 Å². The van der Waals surface area contributed by atoms with Gasteiger partial charge in [-0.2, -0.15) is 18.4 Å². The topological polar surface area (TPSA) is 49.2 Å². The van der Waals surface area contributed by atoms with Crippen molar-refractivity contribution in [2.75, 3.05) is 18.0 Å². The Morgan fingerprint density at radius 1 is 1.19 bits per heavy atom. The van der Waals surface area contributed by atoms with Gasteiger partial charge in [-0.05, 0) is 30.3 Å². The average Bonchev–Trinajstić information content (AvgIpc) is 2.61. The van der Waals surface area contributed by atoms with Gasteiger partial charge in [0, 0.05) is 30.4 Å². The molecule has 0 saturated carbocycles. The molecule has 0 bridgehead atoms. The first-order chi connectivity index (χ1) is 12.4. The molecular formula is C18H15BrF3N3O. The quantitative estimate of drug-likeness (QED) is 0.709. The summed E-state index contributed by atoms with van der Waals surface area (Å²) in [5.41, 5.74) is -0.844. The molecule has 1 saturated heterocycles. The molecule has 3 rings (SSSR count). The molecule has 1 aromatic heterocycles. The molecule has 0 aliphatic carbocycles. The molecule has 0 radical (unpaired) electrons. The van der Waals surface area contributed by atoms with Crippen molar-refractivity contribution in [1.82, 2.24) is 4.98 Å². The van der Waals surface area contributed by atoms with E-state index in [1.165, 1.54) is 6.07 Å². The van der Waals surface area contributed by atoms with Crippen LogP contribution in [0.3, 0.4) is 0 Å². The van der Waals surface area contributed by atoms with E-state index in [1.807, 2.05) is 30.3 Å². The Bertz CT molecular complexity index is 827. The second-order valence-electron chi connectivity index (χ2n) is 5.94. The standard InChI is InChI=1S/C18H15BrF3N3O/c19-13-2-1-3-15(10-13)26-14-6-8-25(9-7-14)17-12(11-23)4-5-16(24-17)18(20,21)22/h1-5,10,14H,6-9H2. The second kappa shape index (κ2) is 7.54. The number of anilines is 1. The highest BCUT2D eigenvalue weighted by Crippen LogP contribution is 2.31. The monoisotopic (exact) mass is 425 g/mol.